The van der Waals surface area contributed by atoms with Gasteiger partial charge >= 0.3 is 0 Å². The standard InChI is InChI=1S/C14H25NO2/c15-10-7-12-16-11-5-2-1-3-8-14-9-4-6-13-17-14/h14H,1-9,11-13H2. The summed E-state index contributed by atoms with van der Waals surface area (Å²) in [5.41, 5.74) is 0. The quantitative estimate of drug-likeness (QED) is 0.579. The highest BCUT2D eigenvalue weighted by Gasteiger charge is 2.12. The highest BCUT2D eigenvalue weighted by atomic mass is 16.5. The van der Waals surface area contributed by atoms with Crippen molar-refractivity contribution in [3.63, 3.8) is 0 Å². The second kappa shape index (κ2) is 10.6. The van der Waals surface area contributed by atoms with Crippen LogP contribution in [0.15, 0.2) is 0 Å². The molecule has 0 N–H and O–H groups in total. The van der Waals surface area contributed by atoms with Gasteiger partial charge in [0.2, 0.25) is 0 Å². The zero-order valence-corrected chi connectivity index (χ0v) is 10.8. The van der Waals surface area contributed by atoms with Gasteiger partial charge in [0, 0.05) is 13.2 Å². The SMILES string of the molecule is N#CCCOCCCCCCC1CCCCO1. The average molecular weight is 239 g/mol. The summed E-state index contributed by atoms with van der Waals surface area (Å²) in [5, 5.41) is 8.32. The second-order valence-electron chi connectivity index (χ2n) is 4.71. The minimum absolute atomic E-state index is 0.513. The van der Waals surface area contributed by atoms with Crippen molar-refractivity contribution in [3.8, 4) is 6.07 Å². The molecule has 98 valence electrons. The van der Waals surface area contributed by atoms with Crippen molar-refractivity contribution in [3.05, 3.63) is 0 Å². The van der Waals surface area contributed by atoms with Crippen molar-refractivity contribution < 1.29 is 9.47 Å². The number of hydrogen-bond donors (Lipinski definition) is 0. The van der Waals surface area contributed by atoms with Crippen LogP contribution in [-0.2, 0) is 9.47 Å². The molecule has 0 aromatic carbocycles. The maximum Gasteiger partial charge on any atom is 0.0645 e. The molecule has 1 aliphatic heterocycles. The number of hydrogen-bond acceptors (Lipinski definition) is 3. The Morgan fingerprint density at radius 1 is 1.12 bits per heavy atom. The first-order valence-corrected chi connectivity index (χ1v) is 7.00. The van der Waals surface area contributed by atoms with Gasteiger partial charge in [0.05, 0.1) is 25.2 Å². The molecule has 17 heavy (non-hydrogen) atoms. The predicted molar refractivity (Wildman–Crippen MR) is 67.7 cm³/mol. The maximum atomic E-state index is 8.32. The Balaban J connectivity index is 1.76. The van der Waals surface area contributed by atoms with E-state index >= 15 is 0 Å². The van der Waals surface area contributed by atoms with E-state index in [0.717, 1.165) is 19.6 Å². The van der Waals surface area contributed by atoms with Crippen LogP contribution in [0.2, 0.25) is 0 Å². The molecule has 1 heterocycles. The van der Waals surface area contributed by atoms with Gasteiger partial charge in [-0.3, -0.25) is 0 Å². The van der Waals surface area contributed by atoms with Crippen LogP contribution >= 0.6 is 0 Å². The molecule has 0 amide bonds. The van der Waals surface area contributed by atoms with Crippen molar-refractivity contribution in [2.75, 3.05) is 19.8 Å². The van der Waals surface area contributed by atoms with Crippen molar-refractivity contribution in [1.29, 1.82) is 5.26 Å². The van der Waals surface area contributed by atoms with Gasteiger partial charge in [-0.2, -0.15) is 5.26 Å². The van der Waals surface area contributed by atoms with E-state index in [0.29, 0.717) is 19.1 Å². The molecular formula is C14H25NO2. The first kappa shape index (κ1) is 14.5. The van der Waals surface area contributed by atoms with Crippen LogP contribution in [0.3, 0.4) is 0 Å². The summed E-state index contributed by atoms with van der Waals surface area (Å²) in [6.45, 7) is 2.37. The average Bonchev–Trinajstić information content (AvgIpc) is 2.38. The molecule has 0 radical (unpaired) electrons. The maximum absolute atomic E-state index is 8.32. The van der Waals surface area contributed by atoms with Crippen molar-refractivity contribution >= 4 is 0 Å². The van der Waals surface area contributed by atoms with Crippen LogP contribution in [0.4, 0.5) is 0 Å². The highest BCUT2D eigenvalue weighted by molar-refractivity contribution is 4.67. The normalized spacial score (nSPS) is 20.1. The predicted octanol–water partition coefficient (Wildman–Crippen LogP) is 3.44. The molecule has 3 nitrogen and oxygen atoms in total. The summed E-state index contributed by atoms with van der Waals surface area (Å²) in [6, 6.07) is 2.08. The fraction of sp³-hybridized carbons (Fsp3) is 0.929. The van der Waals surface area contributed by atoms with Crippen LogP contribution in [0, 0.1) is 11.3 Å². The molecular weight excluding hydrogens is 214 g/mol. The minimum Gasteiger partial charge on any atom is -0.380 e. The van der Waals surface area contributed by atoms with Gasteiger partial charge in [0.25, 0.3) is 0 Å². The summed E-state index contributed by atoms with van der Waals surface area (Å²) in [6.07, 6.45) is 11.1. The van der Waals surface area contributed by atoms with Crippen LogP contribution in [0.25, 0.3) is 0 Å². The molecule has 1 aliphatic rings. The molecule has 1 fully saturated rings. The zero-order valence-electron chi connectivity index (χ0n) is 10.8. The lowest BCUT2D eigenvalue weighted by Crippen LogP contribution is -2.18. The molecule has 0 aromatic rings. The van der Waals surface area contributed by atoms with Crippen molar-refractivity contribution in [1.82, 2.24) is 0 Å². The smallest absolute Gasteiger partial charge is 0.0645 e. The Kier molecular flexibility index (Phi) is 8.99. The van der Waals surface area contributed by atoms with E-state index in [4.69, 9.17) is 14.7 Å². The van der Waals surface area contributed by atoms with E-state index in [2.05, 4.69) is 6.07 Å². The fourth-order valence-electron chi connectivity index (χ4n) is 2.18. The van der Waals surface area contributed by atoms with Crippen LogP contribution in [0.5, 0.6) is 0 Å². The minimum atomic E-state index is 0.513. The van der Waals surface area contributed by atoms with Gasteiger partial charge in [-0.1, -0.05) is 19.3 Å². The van der Waals surface area contributed by atoms with Gasteiger partial charge in [0.1, 0.15) is 0 Å². The lowest BCUT2D eigenvalue weighted by atomic mass is 10.0. The topological polar surface area (TPSA) is 42.2 Å². The van der Waals surface area contributed by atoms with Gasteiger partial charge in [0.15, 0.2) is 0 Å². The van der Waals surface area contributed by atoms with Crippen LogP contribution in [-0.4, -0.2) is 25.9 Å². The van der Waals surface area contributed by atoms with E-state index in [-0.39, 0.29) is 0 Å². The Morgan fingerprint density at radius 3 is 2.76 bits per heavy atom. The fourth-order valence-corrected chi connectivity index (χ4v) is 2.18. The summed E-state index contributed by atoms with van der Waals surface area (Å²) in [7, 11) is 0. The summed E-state index contributed by atoms with van der Waals surface area (Å²) < 4.78 is 11.0. The number of unbranched alkanes of at least 4 members (excludes halogenated alkanes) is 3. The summed E-state index contributed by atoms with van der Waals surface area (Å²) in [4.78, 5) is 0. The zero-order chi connectivity index (χ0) is 12.2. The first-order chi connectivity index (χ1) is 8.43. The number of ether oxygens (including phenoxy) is 2. The van der Waals surface area contributed by atoms with Gasteiger partial charge in [-0.25, -0.2) is 0 Å². The summed E-state index contributed by atoms with van der Waals surface area (Å²) >= 11 is 0. The van der Waals surface area contributed by atoms with E-state index in [1.807, 2.05) is 0 Å². The lowest BCUT2D eigenvalue weighted by molar-refractivity contribution is 0.00969. The number of rotatable bonds is 9. The molecule has 1 unspecified atom stereocenters. The Morgan fingerprint density at radius 2 is 2.00 bits per heavy atom. The Hall–Kier alpha value is -0.590. The van der Waals surface area contributed by atoms with Crippen LogP contribution < -0.4 is 0 Å². The van der Waals surface area contributed by atoms with Crippen molar-refractivity contribution in [2.45, 2.75) is 63.9 Å². The molecule has 0 saturated carbocycles. The second-order valence-corrected chi connectivity index (χ2v) is 4.71. The number of nitrogens with zero attached hydrogens (tertiary/aromatic N) is 1. The Bertz CT molecular complexity index is 207. The van der Waals surface area contributed by atoms with Crippen molar-refractivity contribution in [2.24, 2.45) is 0 Å². The highest BCUT2D eigenvalue weighted by Crippen LogP contribution is 2.18. The largest absolute Gasteiger partial charge is 0.380 e. The third kappa shape index (κ3) is 8.18. The van der Waals surface area contributed by atoms with Gasteiger partial charge in [-0.15, -0.1) is 0 Å². The van der Waals surface area contributed by atoms with E-state index in [1.54, 1.807) is 0 Å². The molecule has 3 heteroatoms. The molecule has 0 aromatic heterocycles. The molecule has 1 rings (SSSR count). The first-order valence-electron chi connectivity index (χ1n) is 7.00. The van der Waals surface area contributed by atoms with Gasteiger partial charge < -0.3 is 9.47 Å². The lowest BCUT2D eigenvalue weighted by Gasteiger charge is -2.22. The number of nitriles is 1. The molecule has 0 bridgehead atoms. The Labute approximate surface area is 105 Å². The summed E-state index contributed by atoms with van der Waals surface area (Å²) in [5.74, 6) is 0. The molecule has 0 aliphatic carbocycles. The third-order valence-electron chi connectivity index (χ3n) is 3.20. The van der Waals surface area contributed by atoms with Crippen LogP contribution in [0.1, 0.15) is 57.8 Å². The molecule has 0 spiro atoms. The molecule has 1 saturated heterocycles. The molecule has 1 atom stereocenters. The van der Waals surface area contributed by atoms with Gasteiger partial charge in [-0.05, 0) is 32.1 Å². The van der Waals surface area contributed by atoms with E-state index in [1.165, 1.54) is 44.9 Å². The monoisotopic (exact) mass is 239 g/mol. The van der Waals surface area contributed by atoms with E-state index in [9.17, 15) is 0 Å². The third-order valence-corrected chi connectivity index (χ3v) is 3.20. The van der Waals surface area contributed by atoms with E-state index < -0.39 is 0 Å².